The van der Waals surface area contributed by atoms with Crippen LogP contribution >= 0.6 is 11.8 Å². The molecule has 1 aliphatic carbocycles. The summed E-state index contributed by atoms with van der Waals surface area (Å²) in [5.41, 5.74) is 0.745. The van der Waals surface area contributed by atoms with Gasteiger partial charge in [-0.1, -0.05) is 12.8 Å². The fourth-order valence-electron chi connectivity index (χ4n) is 3.05. The highest BCUT2D eigenvalue weighted by Crippen LogP contribution is 2.34. The Hall–Kier alpha value is -1.69. The zero-order valence-electron chi connectivity index (χ0n) is 13.1. The smallest absolute Gasteiger partial charge is 0.319 e. The van der Waals surface area contributed by atoms with E-state index in [9.17, 15) is 9.59 Å². The standard InChI is InChI=1S/C17H23N3O2S/c21-16-15(6-3-11-18-16)20-17(22)19-12-7-9-14(10-8-12)23-13-4-1-2-5-13/h7-10,13,15H,1-6,11H2,(H,18,21)(H2,19,20,22)/t15-/m0/s1. The van der Waals surface area contributed by atoms with Crippen molar-refractivity contribution < 1.29 is 9.59 Å². The summed E-state index contributed by atoms with van der Waals surface area (Å²) in [6.07, 6.45) is 6.87. The van der Waals surface area contributed by atoms with Gasteiger partial charge < -0.3 is 16.0 Å². The van der Waals surface area contributed by atoms with Crippen molar-refractivity contribution in [3.8, 4) is 0 Å². The van der Waals surface area contributed by atoms with Crippen LogP contribution in [0.2, 0.25) is 0 Å². The largest absolute Gasteiger partial charge is 0.354 e. The van der Waals surface area contributed by atoms with Gasteiger partial charge in [0, 0.05) is 22.4 Å². The van der Waals surface area contributed by atoms with E-state index in [2.05, 4.69) is 16.0 Å². The predicted octanol–water partition coefficient (Wildman–Crippen LogP) is 3.12. The predicted molar refractivity (Wildman–Crippen MR) is 92.7 cm³/mol. The van der Waals surface area contributed by atoms with E-state index in [4.69, 9.17) is 0 Å². The molecule has 1 aromatic carbocycles. The molecule has 0 aromatic heterocycles. The molecule has 23 heavy (non-hydrogen) atoms. The lowest BCUT2D eigenvalue weighted by atomic mass is 10.1. The Kier molecular flexibility index (Phi) is 5.43. The molecule has 1 aromatic rings. The number of urea groups is 1. The first-order chi connectivity index (χ1) is 11.2. The number of hydrogen-bond acceptors (Lipinski definition) is 3. The Morgan fingerprint density at radius 1 is 1.09 bits per heavy atom. The number of amides is 3. The van der Waals surface area contributed by atoms with Crippen LogP contribution in [0.3, 0.4) is 0 Å². The molecule has 0 radical (unpaired) electrons. The van der Waals surface area contributed by atoms with Crippen LogP contribution in [0.1, 0.15) is 38.5 Å². The van der Waals surface area contributed by atoms with Crippen molar-refractivity contribution >= 4 is 29.4 Å². The summed E-state index contributed by atoms with van der Waals surface area (Å²) in [6, 6.07) is 7.16. The third-order valence-corrected chi connectivity index (χ3v) is 5.66. The second kappa shape index (κ2) is 7.73. The highest BCUT2D eigenvalue weighted by atomic mass is 32.2. The number of thioether (sulfide) groups is 1. The summed E-state index contributed by atoms with van der Waals surface area (Å²) < 4.78 is 0. The number of anilines is 1. The molecule has 1 saturated carbocycles. The van der Waals surface area contributed by atoms with Gasteiger partial charge in [0.1, 0.15) is 6.04 Å². The molecule has 2 aliphatic rings. The third kappa shape index (κ3) is 4.64. The maximum atomic E-state index is 12.0. The number of carbonyl (C=O) groups is 2. The Bertz CT molecular complexity index is 555. The Labute approximate surface area is 141 Å². The SMILES string of the molecule is O=C(Nc1ccc(SC2CCCC2)cc1)N[C@H]1CCCNC1=O. The van der Waals surface area contributed by atoms with Crippen LogP contribution < -0.4 is 16.0 Å². The van der Waals surface area contributed by atoms with E-state index in [0.717, 1.165) is 17.4 Å². The summed E-state index contributed by atoms with van der Waals surface area (Å²) in [5.74, 6) is -0.102. The first-order valence-corrected chi connectivity index (χ1v) is 9.20. The minimum atomic E-state index is -0.430. The maximum absolute atomic E-state index is 12.0. The zero-order chi connectivity index (χ0) is 16.1. The first kappa shape index (κ1) is 16.2. The molecular weight excluding hydrogens is 310 g/mol. The van der Waals surface area contributed by atoms with Crippen molar-refractivity contribution in [2.24, 2.45) is 0 Å². The number of benzene rings is 1. The summed E-state index contributed by atoms with van der Waals surface area (Å²) in [6.45, 7) is 0.693. The van der Waals surface area contributed by atoms with E-state index in [0.29, 0.717) is 13.0 Å². The van der Waals surface area contributed by atoms with Crippen LogP contribution in [0, 0.1) is 0 Å². The molecule has 2 fully saturated rings. The van der Waals surface area contributed by atoms with Gasteiger partial charge in [-0.15, -0.1) is 11.8 Å². The monoisotopic (exact) mass is 333 g/mol. The molecule has 0 unspecified atom stereocenters. The molecule has 3 N–H and O–H groups in total. The number of piperidine rings is 1. The van der Waals surface area contributed by atoms with E-state index in [1.165, 1.54) is 30.6 Å². The van der Waals surface area contributed by atoms with E-state index >= 15 is 0 Å². The number of rotatable bonds is 4. The molecule has 1 heterocycles. The Morgan fingerprint density at radius 2 is 1.83 bits per heavy atom. The quantitative estimate of drug-likeness (QED) is 0.793. The summed E-state index contributed by atoms with van der Waals surface area (Å²) in [7, 11) is 0. The zero-order valence-corrected chi connectivity index (χ0v) is 14.0. The molecule has 1 saturated heterocycles. The molecular formula is C17H23N3O2S. The van der Waals surface area contributed by atoms with Crippen LogP contribution in [0.15, 0.2) is 29.2 Å². The van der Waals surface area contributed by atoms with Crippen molar-refractivity contribution in [2.45, 2.75) is 54.7 Å². The van der Waals surface area contributed by atoms with Crippen molar-refractivity contribution in [3.05, 3.63) is 24.3 Å². The second-order valence-corrected chi connectivity index (χ2v) is 7.51. The van der Waals surface area contributed by atoms with Crippen LogP contribution in [0.4, 0.5) is 10.5 Å². The molecule has 5 nitrogen and oxygen atoms in total. The lowest BCUT2D eigenvalue weighted by Crippen LogP contribution is -2.51. The fourth-order valence-corrected chi connectivity index (χ4v) is 4.30. The van der Waals surface area contributed by atoms with Crippen molar-refractivity contribution in [3.63, 3.8) is 0 Å². The highest BCUT2D eigenvalue weighted by Gasteiger charge is 2.23. The number of nitrogens with one attached hydrogen (secondary N) is 3. The van der Waals surface area contributed by atoms with E-state index < -0.39 is 6.04 Å². The summed E-state index contributed by atoms with van der Waals surface area (Å²) in [4.78, 5) is 24.9. The van der Waals surface area contributed by atoms with Crippen molar-refractivity contribution in [1.29, 1.82) is 0 Å². The van der Waals surface area contributed by atoms with Gasteiger partial charge in [0.2, 0.25) is 5.91 Å². The van der Waals surface area contributed by atoms with Crippen molar-refractivity contribution in [1.82, 2.24) is 10.6 Å². The summed E-state index contributed by atoms with van der Waals surface area (Å²) in [5, 5.41) is 9.01. The third-order valence-electron chi connectivity index (χ3n) is 4.31. The topological polar surface area (TPSA) is 70.2 Å². The molecule has 0 bridgehead atoms. The van der Waals surface area contributed by atoms with E-state index in [1.54, 1.807) is 0 Å². The Balaban J connectivity index is 1.49. The van der Waals surface area contributed by atoms with Gasteiger partial charge in [-0.25, -0.2) is 4.79 Å². The lowest BCUT2D eigenvalue weighted by molar-refractivity contribution is -0.124. The summed E-state index contributed by atoms with van der Waals surface area (Å²) >= 11 is 1.93. The van der Waals surface area contributed by atoms with Gasteiger partial charge >= 0.3 is 6.03 Å². The lowest BCUT2D eigenvalue weighted by Gasteiger charge is -2.22. The van der Waals surface area contributed by atoms with Gasteiger partial charge in [0.05, 0.1) is 0 Å². The molecule has 3 amide bonds. The van der Waals surface area contributed by atoms with Gasteiger partial charge in [-0.3, -0.25) is 4.79 Å². The number of hydrogen-bond donors (Lipinski definition) is 3. The van der Waals surface area contributed by atoms with E-state index in [-0.39, 0.29) is 11.9 Å². The number of carbonyl (C=O) groups excluding carboxylic acids is 2. The normalized spacial score (nSPS) is 21.7. The average molecular weight is 333 g/mol. The molecule has 1 aliphatic heterocycles. The minimum absolute atomic E-state index is 0.102. The van der Waals surface area contributed by atoms with E-state index in [1.807, 2.05) is 36.0 Å². The van der Waals surface area contributed by atoms with Crippen LogP contribution in [-0.2, 0) is 4.79 Å². The van der Waals surface area contributed by atoms with Gasteiger partial charge in [0.15, 0.2) is 0 Å². The fraction of sp³-hybridized carbons (Fsp3) is 0.529. The van der Waals surface area contributed by atoms with Gasteiger partial charge in [-0.05, 0) is 49.9 Å². The molecule has 0 spiro atoms. The van der Waals surface area contributed by atoms with Crippen LogP contribution in [0.5, 0.6) is 0 Å². The molecule has 124 valence electrons. The Morgan fingerprint density at radius 3 is 2.52 bits per heavy atom. The van der Waals surface area contributed by atoms with Gasteiger partial charge in [0.25, 0.3) is 0 Å². The average Bonchev–Trinajstić information content (AvgIpc) is 3.04. The van der Waals surface area contributed by atoms with Crippen LogP contribution in [-0.4, -0.2) is 29.8 Å². The molecule has 6 heteroatoms. The highest BCUT2D eigenvalue weighted by molar-refractivity contribution is 8.00. The van der Waals surface area contributed by atoms with Gasteiger partial charge in [-0.2, -0.15) is 0 Å². The maximum Gasteiger partial charge on any atom is 0.319 e. The second-order valence-electron chi connectivity index (χ2n) is 6.13. The minimum Gasteiger partial charge on any atom is -0.354 e. The van der Waals surface area contributed by atoms with Crippen molar-refractivity contribution in [2.75, 3.05) is 11.9 Å². The molecule has 3 rings (SSSR count). The molecule has 1 atom stereocenters. The first-order valence-electron chi connectivity index (χ1n) is 8.33. The van der Waals surface area contributed by atoms with Crippen LogP contribution in [0.25, 0.3) is 0 Å².